The SMILES string of the molecule is OCC1OC(c2nc(Cl)c(O)nc2O)CC1O. The lowest BCUT2D eigenvalue weighted by molar-refractivity contribution is -0.0243. The van der Waals surface area contributed by atoms with Gasteiger partial charge in [-0.2, -0.15) is 4.98 Å². The highest BCUT2D eigenvalue weighted by Gasteiger charge is 2.37. The first kappa shape index (κ1) is 12.3. The number of hydrogen-bond donors (Lipinski definition) is 4. The summed E-state index contributed by atoms with van der Waals surface area (Å²) in [5.41, 5.74) is 0.0304. The van der Waals surface area contributed by atoms with Gasteiger partial charge in [0.15, 0.2) is 5.15 Å². The van der Waals surface area contributed by atoms with Crippen LogP contribution in [-0.4, -0.2) is 49.2 Å². The van der Waals surface area contributed by atoms with E-state index in [1.54, 1.807) is 0 Å². The van der Waals surface area contributed by atoms with Crippen LogP contribution in [0.15, 0.2) is 0 Å². The second-order valence-corrected chi connectivity index (χ2v) is 4.05. The van der Waals surface area contributed by atoms with Crippen molar-refractivity contribution in [2.24, 2.45) is 0 Å². The van der Waals surface area contributed by atoms with E-state index in [0.717, 1.165) is 0 Å². The number of aliphatic hydroxyl groups excluding tert-OH is 2. The van der Waals surface area contributed by atoms with E-state index in [1.807, 2.05) is 0 Å². The van der Waals surface area contributed by atoms with Crippen LogP contribution in [0.2, 0.25) is 5.15 Å². The van der Waals surface area contributed by atoms with E-state index in [4.69, 9.17) is 26.6 Å². The molecular weight excluding hydrogens is 252 g/mol. The molecule has 0 saturated carbocycles. The minimum atomic E-state index is -0.848. The second kappa shape index (κ2) is 4.61. The molecule has 0 spiro atoms. The van der Waals surface area contributed by atoms with Crippen molar-refractivity contribution in [1.29, 1.82) is 0 Å². The molecule has 94 valence electrons. The highest BCUT2D eigenvalue weighted by Crippen LogP contribution is 2.37. The summed E-state index contributed by atoms with van der Waals surface area (Å²) < 4.78 is 5.28. The Labute approximate surface area is 101 Å². The smallest absolute Gasteiger partial charge is 0.252 e. The van der Waals surface area contributed by atoms with Crippen LogP contribution in [0.4, 0.5) is 0 Å². The largest absolute Gasteiger partial charge is 0.492 e. The molecule has 3 unspecified atom stereocenters. The third-order valence-electron chi connectivity index (χ3n) is 2.55. The Bertz CT molecular complexity index is 430. The van der Waals surface area contributed by atoms with Gasteiger partial charge in [0.1, 0.15) is 17.9 Å². The monoisotopic (exact) mass is 262 g/mol. The fourth-order valence-corrected chi connectivity index (χ4v) is 1.83. The molecule has 4 N–H and O–H groups in total. The Kier molecular flexibility index (Phi) is 3.34. The lowest BCUT2D eigenvalue weighted by atomic mass is 10.1. The Hall–Kier alpha value is -1.15. The van der Waals surface area contributed by atoms with Gasteiger partial charge in [-0.1, -0.05) is 11.6 Å². The van der Waals surface area contributed by atoms with Crippen molar-refractivity contribution in [1.82, 2.24) is 9.97 Å². The van der Waals surface area contributed by atoms with Crippen LogP contribution in [0.1, 0.15) is 18.2 Å². The summed E-state index contributed by atoms with van der Waals surface area (Å²) in [6.45, 7) is -0.336. The van der Waals surface area contributed by atoms with Gasteiger partial charge in [0.05, 0.1) is 12.7 Å². The highest BCUT2D eigenvalue weighted by molar-refractivity contribution is 6.30. The van der Waals surface area contributed by atoms with E-state index < -0.39 is 30.1 Å². The summed E-state index contributed by atoms with van der Waals surface area (Å²) in [6, 6.07) is 0. The molecule has 1 saturated heterocycles. The molecule has 7 nitrogen and oxygen atoms in total. The molecule has 1 aromatic rings. The van der Waals surface area contributed by atoms with Crippen LogP contribution in [0, 0.1) is 0 Å². The van der Waals surface area contributed by atoms with Crippen LogP contribution in [0.25, 0.3) is 0 Å². The number of aliphatic hydroxyl groups is 2. The predicted octanol–water partition coefficient (Wildman–Crippen LogP) is -0.276. The number of aromatic hydroxyl groups is 2. The van der Waals surface area contributed by atoms with E-state index in [0.29, 0.717) is 0 Å². The van der Waals surface area contributed by atoms with Gasteiger partial charge in [-0.05, 0) is 0 Å². The molecular formula is C9H11ClN2O5. The molecule has 0 aliphatic carbocycles. The van der Waals surface area contributed by atoms with Gasteiger partial charge < -0.3 is 25.2 Å². The lowest BCUT2D eigenvalue weighted by Crippen LogP contribution is -2.24. The third-order valence-corrected chi connectivity index (χ3v) is 2.81. The molecule has 1 aliphatic rings. The number of ether oxygens (including phenoxy) is 1. The first-order valence-electron chi connectivity index (χ1n) is 4.92. The van der Waals surface area contributed by atoms with E-state index >= 15 is 0 Å². The van der Waals surface area contributed by atoms with Gasteiger partial charge >= 0.3 is 0 Å². The standard InChI is InChI=1S/C9H11ClN2O5/c10-7-9(16)12-8(15)6(11-7)4-1-3(14)5(2-13)17-4/h3-5,13-14H,1-2H2,(H2,12,15,16). The molecule has 17 heavy (non-hydrogen) atoms. The first-order chi connectivity index (χ1) is 8.02. The maximum atomic E-state index is 9.54. The average Bonchev–Trinajstić information content (AvgIpc) is 2.65. The van der Waals surface area contributed by atoms with Crippen molar-refractivity contribution < 1.29 is 25.2 Å². The summed E-state index contributed by atoms with van der Waals surface area (Å²) in [5, 5.41) is 36.8. The summed E-state index contributed by atoms with van der Waals surface area (Å²) >= 11 is 5.57. The number of rotatable bonds is 2. The van der Waals surface area contributed by atoms with Crippen molar-refractivity contribution >= 4 is 11.6 Å². The second-order valence-electron chi connectivity index (χ2n) is 3.70. The van der Waals surface area contributed by atoms with Gasteiger partial charge in [0.2, 0.25) is 5.88 Å². The van der Waals surface area contributed by atoms with Crippen molar-refractivity contribution in [2.75, 3.05) is 6.61 Å². The number of aromatic nitrogens is 2. The Morgan fingerprint density at radius 3 is 2.59 bits per heavy atom. The minimum Gasteiger partial charge on any atom is -0.492 e. The zero-order chi connectivity index (χ0) is 12.6. The molecule has 0 amide bonds. The van der Waals surface area contributed by atoms with Crippen LogP contribution < -0.4 is 0 Å². The van der Waals surface area contributed by atoms with Crippen LogP contribution >= 0.6 is 11.6 Å². The Morgan fingerprint density at radius 1 is 1.29 bits per heavy atom. The maximum absolute atomic E-state index is 9.54. The maximum Gasteiger partial charge on any atom is 0.252 e. The van der Waals surface area contributed by atoms with E-state index in [9.17, 15) is 10.2 Å². The van der Waals surface area contributed by atoms with Crippen LogP contribution in [0.3, 0.4) is 0 Å². The Morgan fingerprint density at radius 2 is 2.00 bits per heavy atom. The fourth-order valence-electron chi connectivity index (χ4n) is 1.69. The van der Waals surface area contributed by atoms with Crippen molar-refractivity contribution in [2.45, 2.75) is 24.7 Å². The molecule has 0 aromatic carbocycles. The summed E-state index contributed by atoms with van der Waals surface area (Å²) in [4.78, 5) is 7.13. The van der Waals surface area contributed by atoms with E-state index in [-0.39, 0.29) is 23.9 Å². The average molecular weight is 263 g/mol. The molecule has 1 aromatic heterocycles. The first-order valence-corrected chi connectivity index (χ1v) is 5.30. The van der Waals surface area contributed by atoms with Crippen LogP contribution in [0.5, 0.6) is 11.8 Å². The van der Waals surface area contributed by atoms with Gasteiger partial charge in [-0.3, -0.25) is 0 Å². The fraction of sp³-hybridized carbons (Fsp3) is 0.556. The van der Waals surface area contributed by atoms with Gasteiger partial charge in [0, 0.05) is 6.42 Å². The summed E-state index contributed by atoms with van der Waals surface area (Å²) in [7, 11) is 0. The molecule has 2 rings (SSSR count). The highest BCUT2D eigenvalue weighted by atomic mass is 35.5. The zero-order valence-electron chi connectivity index (χ0n) is 8.62. The Balaban J connectivity index is 2.27. The lowest BCUT2D eigenvalue weighted by Gasteiger charge is -2.12. The minimum absolute atomic E-state index is 0.0304. The van der Waals surface area contributed by atoms with E-state index in [1.165, 1.54) is 0 Å². The molecule has 0 radical (unpaired) electrons. The zero-order valence-corrected chi connectivity index (χ0v) is 9.37. The van der Waals surface area contributed by atoms with E-state index in [2.05, 4.69) is 9.97 Å². The van der Waals surface area contributed by atoms with Gasteiger partial charge in [0.25, 0.3) is 5.88 Å². The third kappa shape index (κ3) is 2.27. The van der Waals surface area contributed by atoms with Crippen molar-refractivity contribution in [3.8, 4) is 11.8 Å². The molecule has 1 aliphatic heterocycles. The summed E-state index contributed by atoms with van der Waals surface area (Å²) in [6.07, 6.45) is -2.13. The molecule has 2 heterocycles. The predicted molar refractivity (Wildman–Crippen MR) is 55.7 cm³/mol. The quantitative estimate of drug-likeness (QED) is 0.579. The normalized spacial score (nSPS) is 28.5. The number of halogens is 1. The van der Waals surface area contributed by atoms with Crippen molar-refractivity contribution in [3.63, 3.8) is 0 Å². The topological polar surface area (TPSA) is 116 Å². The molecule has 0 bridgehead atoms. The summed E-state index contributed by atoms with van der Waals surface area (Å²) in [5.74, 6) is -1.09. The molecule has 8 heteroatoms. The molecule has 1 fully saturated rings. The molecule has 3 atom stereocenters. The number of hydrogen-bond acceptors (Lipinski definition) is 7. The van der Waals surface area contributed by atoms with Crippen molar-refractivity contribution in [3.05, 3.63) is 10.8 Å². The van der Waals surface area contributed by atoms with Gasteiger partial charge in [-0.15, -0.1) is 0 Å². The number of nitrogens with zero attached hydrogens (tertiary/aromatic N) is 2. The van der Waals surface area contributed by atoms with Crippen LogP contribution in [-0.2, 0) is 4.74 Å². The van der Waals surface area contributed by atoms with Gasteiger partial charge in [-0.25, -0.2) is 4.98 Å².